The van der Waals surface area contributed by atoms with Crippen molar-refractivity contribution in [2.75, 3.05) is 14.1 Å². The Morgan fingerprint density at radius 1 is 1.00 bits per heavy atom. The fraction of sp³-hybridized carbons (Fsp3) is 0.105. The number of carbonyl (C=O) groups is 3. The van der Waals surface area contributed by atoms with Gasteiger partial charge in [-0.15, -0.1) is 0 Å². The lowest BCUT2D eigenvalue weighted by Crippen LogP contribution is -2.34. The SMILES string of the molecule is CN(C)C=C(C(=O)c1cc(Cl)ccc1Cl)N1C(=O)c2ccccc2C1=O. The molecule has 2 aromatic rings. The molecule has 0 N–H and O–H groups in total. The number of carbonyl (C=O) groups excluding carboxylic acids is 3. The van der Waals surface area contributed by atoms with E-state index in [1.807, 2.05) is 0 Å². The third kappa shape index (κ3) is 3.11. The van der Waals surface area contributed by atoms with E-state index in [4.69, 9.17) is 23.2 Å². The van der Waals surface area contributed by atoms with Gasteiger partial charge >= 0.3 is 0 Å². The molecule has 3 rings (SSSR count). The minimum Gasteiger partial charge on any atom is -0.382 e. The minimum atomic E-state index is -0.569. The first-order valence-electron chi connectivity index (χ1n) is 7.67. The number of ketones is 1. The maximum atomic E-state index is 13.1. The van der Waals surface area contributed by atoms with E-state index in [0.29, 0.717) is 5.02 Å². The first kappa shape index (κ1) is 18.2. The quantitative estimate of drug-likeness (QED) is 0.453. The van der Waals surface area contributed by atoms with Gasteiger partial charge in [0.15, 0.2) is 0 Å². The molecule has 0 saturated heterocycles. The number of Topliss-reactive ketones (excluding diaryl/α,β-unsaturated/α-hetero) is 1. The highest BCUT2D eigenvalue weighted by atomic mass is 35.5. The summed E-state index contributed by atoms with van der Waals surface area (Å²) in [7, 11) is 3.37. The number of benzene rings is 2. The van der Waals surface area contributed by atoms with E-state index in [2.05, 4.69) is 0 Å². The van der Waals surface area contributed by atoms with Crippen LogP contribution in [0.4, 0.5) is 0 Å². The van der Waals surface area contributed by atoms with Gasteiger partial charge in [0, 0.05) is 30.9 Å². The monoisotopic (exact) mass is 388 g/mol. The van der Waals surface area contributed by atoms with Gasteiger partial charge in [-0.3, -0.25) is 14.4 Å². The molecular formula is C19H14Cl2N2O3. The Balaban J connectivity index is 2.12. The zero-order valence-electron chi connectivity index (χ0n) is 14.0. The van der Waals surface area contributed by atoms with Crippen LogP contribution in [0, 0.1) is 0 Å². The van der Waals surface area contributed by atoms with Crippen molar-refractivity contribution in [3.63, 3.8) is 0 Å². The number of fused-ring (bicyclic) bond motifs is 1. The molecule has 0 unspecified atom stereocenters. The van der Waals surface area contributed by atoms with E-state index in [0.717, 1.165) is 4.90 Å². The van der Waals surface area contributed by atoms with Gasteiger partial charge in [0.1, 0.15) is 5.70 Å². The molecule has 0 saturated carbocycles. The van der Waals surface area contributed by atoms with Crippen LogP contribution in [-0.2, 0) is 0 Å². The number of hydrogen-bond acceptors (Lipinski definition) is 4. The molecule has 0 aromatic heterocycles. The summed E-state index contributed by atoms with van der Waals surface area (Å²) in [6, 6.07) is 10.9. The number of allylic oxidation sites excluding steroid dienone is 1. The molecule has 0 aliphatic carbocycles. The van der Waals surface area contributed by atoms with Crippen LogP contribution in [0.1, 0.15) is 31.1 Å². The molecule has 132 valence electrons. The standard InChI is InChI=1S/C19H14Cl2N2O3/c1-22(2)10-16(17(24)14-9-11(20)7-8-15(14)21)23-18(25)12-5-3-4-6-13(12)19(23)26/h3-10H,1-2H3. The highest BCUT2D eigenvalue weighted by Gasteiger charge is 2.40. The van der Waals surface area contributed by atoms with Crippen molar-refractivity contribution in [3.05, 3.63) is 81.1 Å². The van der Waals surface area contributed by atoms with Gasteiger partial charge in [-0.05, 0) is 30.3 Å². The average molecular weight is 389 g/mol. The Morgan fingerprint density at radius 3 is 2.12 bits per heavy atom. The zero-order chi connectivity index (χ0) is 19.0. The Hall–Kier alpha value is -2.63. The van der Waals surface area contributed by atoms with Crippen LogP contribution in [0.15, 0.2) is 54.4 Å². The van der Waals surface area contributed by atoms with E-state index >= 15 is 0 Å². The van der Waals surface area contributed by atoms with E-state index < -0.39 is 17.6 Å². The van der Waals surface area contributed by atoms with E-state index in [-0.39, 0.29) is 27.4 Å². The van der Waals surface area contributed by atoms with Crippen LogP contribution in [0.3, 0.4) is 0 Å². The maximum absolute atomic E-state index is 13.1. The van der Waals surface area contributed by atoms with Crippen molar-refractivity contribution in [2.45, 2.75) is 0 Å². The lowest BCUT2D eigenvalue weighted by atomic mass is 10.1. The molecule has 0 spiro atoms. The maximum Gasteiger partial charge on any atom is 0.266 e. The van der Waals surface area contributed by atoms with Gasteiger partial charge in [-0.1, -0.05) is 35.3 Å². The first-order valence-corrected chi connectivity index (χ1v) is 8.42. The Morgan fingerprint density at radius 2 is 1.58 bits per heavy atom. The normalized spacial score (nSPS) is 13.8. The summed E-state index contributed by atoms with van der Waals surface area (Å²) in [5.41, 5.74) is 0.536. The second-order valence-electron chi connectivity index (χ2n) is 5.92. The van der Waals surface area contributed by atoms with Gasteiger partial charge in [0.2, 0.25) is 5.78 Å². The Labute approximate surface area is 160 Å². The summed E-state index contributed by atoms with van der Waals surface area (Å²) in [6.07, 6.45) is 1.42. The van der Waals surface area contributed by atoms with Crippen LogP contribution in [0.5, 0.6) is 0 Å². The van der Waals surface area contributed by atoms with E-state index in [1.54, 1.807) is 49.3 Å². The first-order chi connectivity index (χ1) is 12.3. The third-order valence-corrected chi connectivity index (χ3v) is 4.39. The molecular weight excluding hydrogens is 375 g/mol. The average Bonchev–Trinajstić information content (AvgIpc) is 2.86. The fourth-order valence-corrected chi connectivity index (χ4v) is 3.06. The molecule has 7 heteroatoms. The summed E-state index contributed by atoms with van der Waals surface area (Å²) < 4.78 is 0. The zero-order valence-corrected chi connectivity index (χ0v) is 15.5. The molecule has 0 atom stereocenters. The van der Waals surface area contributed by atoms with Crippen LogP contribution >= 0.6 is 23.2 Å². The summed E-state index contributed by atoms with van der Waals surface area (Å²) in [6.45, 7) is 0. The third-order valence-electron chi connectivity index (χ3n) is 3.82. The van der Waals surface area contributed by atoms with Gasteiger partial charge in [0.05, 0.1) is 16.1 Å². The van der Waals surface area contributed by atoms with Gasteiger partial charge < -0.3 is 4.90 Å². The lowest BCUT2D eigenvalue weighted by Gasteiger charge is -2.20. The van der Waals surface area contributed by atoms with Crippen molar-refractivity contribution in [1.29, 1.82) is 0 Å². The minimum absolute atomic E-state index is 0.0923. The van der Waals surface area contributed by atoms with Crippen molar-refractivity contribution >= 4 is 40.8 Å². The van der Waals surface area contributed by atoms with Crippen molar-refractivity contribution in [3.8, 4) is 0 Å². The number of nitrogens with zero attached hydrogens (tertiary/aromatic N) is 2. The van der Waals surface area contributed by atoms with E-state index in [1.165, 1.54) is 18.3 Å². The van der Waals surface area contributed by atoms with Crippen LogP contribution in [-0.4, -0.2) is 41.5 Å². The molecule has 1 aliphatic rings. The van der Waals surface area contributed by atoms with Crippen LogP contribution in [0.25, 0.3) is 0 Å². The summed E-state index contributed by atoms with van der Waals surface area (Å²) >= 11 is 12.1. The van der Waals surface area contributed by atoms with Gasteiger partial charge in [-0.2, -0.15) is 0 Å². The second-order valence-corrected chi connectivity index (χ2v) is 6.77. The van der Waals surface area contributed by atoms with Crippen molar-refractivity contribution < 1.29 is 14.4 Å². The smallest absolute Gasteiger partial charge is 0.266 e. The molecule has 2 amide bonds. The predicted octanol–water partition coefficient (Wildman–Crippen LogP) is 3.88. The Bertz CT molecular complexity index is 932. The van der Waals surface area contributed by atoms with Crippen LogP contribution < -0.4 is 0 Å². The number of hydrogen-bond donors (Lipinski definition) is 0. The molecule has 0 bridgehead atoms. The molecule has 1 aliphatic heterocycles. The molecule has 0 fully saturated rings. The summed E-state index contributed by atoms with van der Waals surface area (Å²) in [5.74, 6) is -1.67. The van der Waals surface area contributed by atoms with Crippen LogP contribution in [0.2, 0.25) is 10.0 Å². The largest absolute Gasteiger partial charge is 0.382 e. The Kier molecular flexibility index (Phi) is 4.85. The number of halogens is 2. The molecule has 26 heavy (non-hydrogen) atoms. The van der Waals surface area contributed by atoms with Crippen molar-refractivity contribution in [1.82, 2.24) is 9.80 Å². The number of imide groups is 1. The fourth-order valence-electron chi connectivity index (χ4n) is 2.68. The topological polar surface area (TPSA) is 57.7 Å². The highest BCUT2D eigenvalue weighted by Crippen LogP contribution is 2.30. The summed E-state index contributed by atoms with van der Waals surface area (Å²) in [4.78, 5) is 41.1. The highest BCUT2D eigenvalue weighted by molar-refractivity contribution is 6.37. The number of rotatable bonds is 4. The number of amides is 2. The predicted molar refractivity (Wildman–Crippen MR) is 99.5 cm³/mol. The van der Waals surface area contributed by atoms with Gasteiger partial charge in [0.25, 0.3) is 11.8 Å². The molecule has 2 aromatic carbocycles. The molecule has 5 nitrogen and oxygen atoms in total. The molecule has 1 heterocycles. The van der Waals surface area contributed by atoms with E-state index in [9.17, 15) is 14.4 Å². The lowest BCUT2D eigenvalue weighted by molar-refractivity contribution is 0.0675. The molecule has 0 radical (unpaired) electrons. The second kappa shape index (κ2) is 6.94. The van der Waals surface area contributed by atoms with Gasteiger partial charge in [-0.25, -0.2) is 4.90 Å². The van der Waals surface area contributed by atoms with Crippen molar-refractivity contribution in [2.24, 2.45) is 0 Å². The summed E-state index contributed by atoms with van der Waals surface area (Å²) in [5, 5.41) is 0.505.